The second kappa shape index (κ2) is 12.3. The number of amides is 1. The lowest BCUT2D eigenvalue weighted by Crippen LogP contribution is -2.18. The quantitative estimate of drug-likeness (QED) is 0.219. The summed E-state index contributed by atoms with van der Waals surface area (Å²) in [6.45, 7) is 11.8. The van der Waals surface area contributed by atoms with Gasteiger partial charge in [0.15, 0.2) is 11.5 Å². The molecular formula is C31H37N3O7. The zero-order valence-electron chi connectivity index (χ0n) is 24.9. The van der Waals surface area contributed by atoms with Gasteiger partial charge in [-0.15, -0.1) is 10.2 Å². The molecule has 10 heteroatoms. The molecule has 0 spiro atoms. The zero-order valence-corrected chi connectivity index (χ0v) is 24.9. The van der Waals surface area contributed by atoms with Gasteiger partial charge in [-0.2, -0.15) is 0 Å². The Morgan fingerprint density at radius 2 is 1.27 bits per heavy atom. The van der Waals surface area contributed by atoms with Crippen molar-refractivity contribution in [3.05, 3.63) is 70.8 Å². The van der Waals surface area contributed by atoms with Crippen LogP contribution in [0.2, 0.25) is 0 Å². The molecule has 3 rings (SSSR count). The second-order valence-electron chi connectivity index (χ2n) is 11.4. The summed E-state index contributed by atoms with van der Waals surface area (Å²) in [6.07, 6.45) is 0. The first-order valence-corrected chi connectivity index (χ1v) is 12.9. The van der Waals surface area contributed by atoms with Gasteiger partial charge in [-0.3, -0.25) is 4.79 Å². The Hall–Kier alpha value is -4.60. The Bertz CT molecular complexity index is 1390. The van der Waals surface area contributed by atoms with Crippen LogP contribution >= 0.6 is 0 Å². The largest absolute Gasteiger partial charge is 0.507 e. The van der Waals surface area contributed by atoms with Gasteiger partial charge in [0.1, 0.15) is 5.75 Å². The average molecular weight is 564 g/mol. The first-order chi connectivity index (χ1) is 19.2. The van der Waals surface area contributed by atoms with Crippen molar-refractivity contribution in [3.63, 3.8) is 0 Å². The highest BCUT2D eigenvalue weighted by atomic mass is 16.7. The van der Waals surface area contributed by atoms with Crippen LogP contribution in [-0.2, 0) is 15.7 Å². The lowest BCUT2D eigenvalue weighted by atomic mass is 9.78. The molecule has 0 aliphatic rings. The molecule has 0 saturated carbocycles. The Morgan fingerprint density at radius 1 is 0.756 bits per heavy atom. The zero-order chi connectivity index (χ0) is 30.5. The molecule has 0 aliphatic heterocycles. The van der Waals surface area contributed by atoms with E-state index in [1.165, 1.54) is 33.5 Å². The van der Waals surface area contributed by atoms with Gasteiger partial charge in [0.25, 0.3) is 5.91 Å². The number of hydrogen-bond acceptors (Lipinski definition) is 9. The first kappa shape index (κ1) is 30.9. The summed E-state index contributed by atoms with van der Waals surface area (Å²) in [4.78, 5) is 30.8. The Kier molecular flexibility index (Phi) is 9.27. The van der Waals surface area contributed by atoms with Gasteiger partial charge in [0.2, 0.25) is 5.75 Å². The fourth-order valence-corrected chi connectivity index (χ4v) is 4.02. The Morgan fingerprint density at radius 3 is 1.71 bits per heavy atom. The van der Waals surface area contributed by atoms with Gasteiger partial charge >= 0.3 is 5.97 Å². The smallest absolute Gasteiger partial charge is 0.363 e. The topological polar surface area (TPSA) is 128 Å². The molecule has 0 aromatic heterocycles. The normalized spacial score (nSPS) is 11.7. The number of azo groups is 1. The van der Waals surface area contributed by atoms with E-state index in [9.17, 15) is 14.7 Å². The maximum absolute atomic E-state index is 13.0. The summed E-state index contributed by atoms with van der Waals surface area (Å²) in [5.74, 6) is -0.0107. The van der Waals surface area contributed by atoms with Gasteiger partial charge in [-0.05, 0) is 59.4 Å². The third-order valence-corrected chi connectivity index (χ3v) is 6.26. The van der Waals surface area contributed by atoms with Crippen molar-refractivity contribution in [2.75, 3.05) is 26.8 Å². The molecule has 0 unspecified atom stereocenters. The number of rotatable bonds is 8. The van der Waals surface area contributed by atoms with Crippen molar-refractivity contribution in [2.24, 2.45) is 10.2 Å². The summed E-state index contributed by atoms with van der Waals surface area (Å²) < 4.78 is 15.8. The molecule has 2 N–H and O–H groups in total. The van der Waals surface area contributed by atoms with E-state index in [4.69, 9.17) is 19.0 Å². The predicted molar refractivity (Wildman–Crippen MR) is 156 cm³/mol. The number of phenols is 1. The van der Waals surface area contributed by atoms with Crippen LogP contribution in [0.15, 0.2) is 58.8 Å². The maximum atomic E-state index is 13.0. The van der Waals surface area contributed by atoms with E-state index >= 15 is 0 Å². The molecule has 10 nitrogen and oxygen atoms in total. The lowest BCUT2D eigenvalue weighted by molar-refractivity contribution is 0.0595. The number of aromatic hydroxyl groups is 1. The van der Waals surface area contributed by atoms with Gasteiger partial charge < -0.3 is 24.2 Å². The highest BCUT2D eigenvalue weighted by molar-refractivity contribution is 5.95. The van der Waals surface area contributed by atoms with Crippen molar-refractivity contribution in [1.82, 2.24) is 0 Å². The fourth-order valence-electron chi connectivity index (χ4n) is 4.02. The number of hydrogen-bond donors (Lipinski definition) is 2. The third kappa shape index (κ3) is 7.33. The number of ether oxygens (including phenoxy) is 3. The summed E-state index contributed by atoms with van der Waals surface area (Å²) >= 11 is 0. The number of methoxy groups -OCH3 is 3. The monoisotopic (exact) mass is 563 g/mol. The Balaban J connectivity index is 1.73. The van der Waals surface area contributed by atoms with E-state index < -0.39 is 11.9 Å². The molecule has 0 aliphatic carbocycles. The number of nitrogens with zero attached hydrogens (tertiary/aromatic N) is 2. The van der Waals surface area contributed by atoms with E-state index in [0.717, 1.165) is 0 Å². The van der Waals surface area contributed by atoms with E-state index in [-0.39, 0.29) is 22.1 Å². The summed E-state index contributed by atoms with van der Waals surface area (Å²) in [5, 5.41) is 18.9. The minimum absolute atomic E-state index is 0.188. The number of carbonyl (C=O) groups excluding carboxylic acids is 2. The summed E-state index contributed by atoms with van der Waals surface area (Å²) in [6, 6.07) is 12.8. The minimum atomic E-state index is -0.670. The van der Waals surface area contributed by atoms with Gasteiger partial charge in [0.05, 0.1) is 38.3 Å². The minimum Gasteiger partial charge on any atom is -0.507 e. The highest BCUT2D eigenvalue weighted by Gasteiger charge is 2.28. The molecule has 0 bridgehead atoms. The molecule has 3 aromatic carbocycles. The Labute approximate surface area is 240 Å². The van der Waals surface area contributed by atoms with Crippen LogP contribution in [-0.4, -0.2) is 38.3 Å². The molecule has 0 fully saturated rings. The van der Waals surface area contributed by atoms with Crippen LogP contribution < -0.4 is 19.7 Å². The summed E-state index contributed by atoms with van der Waals surface area (Å²) in [7, 11) is 4.38. The molecule has 0 saturated heterocycles. The van der Waals surface area contributed by atoms with E-state index in [1.807, 2.05) is 41.5 Å². The molecule has 1 amide bonds. The second-order valence-corrected chi connectivity index (χ2v) is 11.4. The molecule has 0 atom stereocenters. The van der Waals surface area contributed by atoms with Gasteiger partial charge in [-0.1, -0.05) is 41.5 Å². The third-order valence-electron chi connectivity index (χ3n) is 6.26. The number of nitrogens with one attached hydrogen (secondary N) is 1. The SMILES string of the molecule is COc1cc(C(=O)ONc2ccc(N=NC(=O)c3cc(C(C)(C)C)c(O)c(C(C)(C)C)c3)cc2)cc(OC)c1OC. The van der Waals surface area contributed by atoms with Crippen LogP contribution in [0.3, 0.4) is 0 Å². The number of anilines is 1. The maximum Gasteiger partial charge on any atom is 0.363 e. The predicted octanol–water partition coefficient (Wildman–Crippen LogP) is 7.12. The van der Waals surface area contributed by atoms with Crippen LogP contribution in [0, 0.1) is 0 Å². The van der Waals surface area contributed by atoms with Crippen LogP contribution in [0.4, 0.5) is 11.4 Å². The number of phenolic OH excluding ortho intramolecular Hbond substituents is 1. The van der Waals surface area contributed by atoms with Crippen molar-refractivity contribution < 1.29 is 33.7 Å². The molecule has 218 valence electrons. The standard InChI is InChI=1S/C31H37N3O7/c1-30(2,3)22-14-18(15-23(26(22)35)31(4,5)6)28(36)33-32-20-10-12-21(13-11-20)34-41-29(37)19-16-24(38-7)27(40-9)25(17-19)39-8/h10-17,34-35H,1-9H3. The van der Waals surface area contributed by atoms with E-state index in [1.54, 1.807) is 36.4 Å². The molecule has 41 heavy (non-hydrogen) atoms. The molecule has 0 heterocycles. The van der Waals surface area contributed by atoms with Crippen molar-refractivity contribution >= 4 is 23.3 Å². The van der Waals surface area contributed by atoms with Crippen LogP contribution in [0.5, 0.6) is 23.0 Å². The van der Waals surface area contributed by atoms with Crippen LogP contribution in [0.25, 0.3) is 0 Å². The number of benzene rings is 3. The summed E-state index contributed by atoms with van der Waals surface area (Å²) in [5.41, 5.74) is 4.59. The average Bonchev–Trinajstić information content (AvgIpc) is 2.93. The fraction of sp³-hybridized carbons (Fsp3) is 0.355. The van der Waals surface area contributed by atoms with Gasteiger partial charge in [0, 0.05) is 16.7 Å². The molecule has 3 aromatic rings. The number of carbonyl (C=O) groups is 2. The van der Waals surface area contributed by atoms with Gasteiger partial charge in [-0.25, -0.2) is 10.3 Å². The van der Waals surface area contributed by atoms with Crippen LogP contribution in [0.1, 0.15) is 73.4 Å². The van der Waals surface area contributed by atoms with Crippen molar-refractivity contribution in [3.8, 4) is 23.0 Å². The first-order valence-electron chi connectivity index (χ1n) is 12.9. The van der Waals surface area contributed by atoms with Crippen molar-refractivity contribution in [2.45, 2.75) is 52.4 Å². The lowest BCUT2D eigenvalue weighted by Gasteiger charge is -2.27. The van der Waals surface area contributed by atoms with E-state index in [0.29, 0.717) is 45.3 Å². The molecule has 0 radical (unpaired) electrons. The van der Waals surface area contributed by atoms with Crippen molar-refractivity contribution in [1.29, 1.82) is 0 Å². The molecular weight excluding hydrogens is 526 g/mol. The highest BCUT2D eigenvalue weighted by Crippen LogP contribution is 2.40. The van der Waals surface area contributed by atoms with E-state index in [2.05, 4.69) is 15.7 Å².